The van der Waals surface area contributed by atoms with E-state index in [-0.39, 0.29) is 6.09 Å². The first-order valence-electron chi connectivity index (χ1n) is 7.58. The van der Waals surface area contributed by atoms with E-state index >= 15 is 0 Å². The highest BCUT2D eigenvalue weighted by atomic mass is 16.6. The van der Waals surface area contributed by atoms with E-state index in [2.05, 4.69) is 15.3 Å². The number of rotatable bonds is 3. The highest BCUT2D eigenvalue weighted by Crippen LogP contribution is 2.11. The van der Waals surface area contributed by atoms with Gasteiger partial charge in [-0.3, -0.25) is 14.9 Å². The number of pyridine rings is 1. The maximum Gasteiger partial charge on any atom is 0.410 e. The normalized spacial score (nSPS) is 15.2. The van der Waals surface area contributed by atoms with Crippen molar-refractivity contribution < 1.29 is 9.53 Å². The molecule has 0 atom stereocenters. The summed E-state index contributed by atoms with van der Waals surface area (Å²) in [5.74, 6) is 0.834. The SMILES string of the molecule is CC(C)(C)OC(=O)N1CCN=C(NCCc2cccnc2)C1. The van der Waals surface area contributed by atoms with Crippen LogP contribution in [0.5, 0.6) is 0 Å². The summed E-state index contributed by atoms with van der Waals surface area (Å²) in [5, 5.41) is 3.29. The number of hydrogen-bond donors (Lipinski definition) is 1. The van der Waals surface area contributed by atoms with Gasteiger partial charge >= 0.3 is 6.09 Å². The average molecular weight is 304 g/mol. The molecular formula is C16H24N4O2. The van der Waals surface area contributed by atoms with Crippen LogP contribution in [0.3, 0.4) is 0 Å². The number of carbonyl (C=O) groups is 1. The van der Waals surface area contributed by atoms with Gasteiger partial charge in [0, 0.05) is 25.5 Å². The average Bonchev–Trinajstić information content (AvgIpc) is 2.47. The summed E-state index contributed by atoms with van der Waals surface area (Å²) in [6.45, 7) is 8.06. The van der Waals surface area contributed by atoms with Gasteiger partial charge in [0.05, 0.1) is 13.1 Å². The maximum absolute atomic E-state index is 12.1. The number of hydrogen-bond acceptors (Lipinski definition) is 5. The van der Waals surface area contributed by atoms with E-state index in [1.807, 2.05) is 39.1 Å². The number of nitrogens with one attached hydrogen (secondary N) is 1. The lowest BCUT2D eigenvalue weighted by Gasteiger charge is -2.29. The molecule has 1 aromatic rings. The zero-order valence-corrected chi connectivity index (χ0v) is 13.5. The van der Waals surface area contributed by atoms with Crippen LogP contribution in [-0.4, -0.2) is 53.6 Å². The second-order valence-corrected chi connectivity index (χ2v) is 6.27. The number of aromatic nitrogens is 1. The second kappa shape index (κ2) is 7.24. The van der Waals surface area contributed by atoms with Crippen molar-refractivity contribution in [3.8, 4) is 0 Å². The van der Waals surface area contributed by atoms with Gasteiger partial charge < -0.3 is 10.1 Å². The van der Waals surface area contributed by atoms with Crippen LogP contribution in [0.2, 0.25) is 0 Å². The van der Waals surface area contributed by atoms with Crippen molar-refractivity contribution in [3.05, 3.63) is 30.1 Å². The fourth-order valence-corrected chi connectivity index (χ4v) is 2.11. The quantitative estimate of drug-likeness (QED) is 0.925. The summed E-state index contributed by atoms with van der Waals surface area (Å²) < 4.78 is 5.40. The minimum atomic E-state index is -0.473. The largest absolute Gasteiger partial charge is 0.444 e. The van der Waals surface area contributed by atoms with Crippen molar-refractivity contribution in [1.82, 2.24) is 15.2 Å². The van der Waals surface area contributed by atoms with Gasteiger partial charge in [0.2, 0.25) is 0 Å². The molecule has 2 heterocycles. The monoisotopic (exact) mass is 304 g/mol. The number of aliphatic imine (C=N–C) groups is 1. The van der Waals surface area contributed by atoms with Gasteiger partial charge in [-0.15, -0.1) is 0 Å². The Morgan fingerprint density at radius 2 is 2.27 bits per heavy atom. The van der Waals surface area contributed by atoms with Gasteiger partial charge in [0.1, 0.15) is 11.4 Å². The Morgan fingerprint density at radius 1 is 1.45 bits per heavy atom. The first-order chi connectivity index (χ1) is 10.4. The van der Waals surface area contributed by atoms with Crippen LogP contribution in [0.15, 0.2) is 29.5 Å². The van der Waals surface area contributed by atoms with Crippen molar-refractivity contribution in [3.63, 3.8) is 0 Å². The van der Waals surface area contributed by atoms with E-state index in [4.69, 9.17) is 4.74 Å². The molecule has 0 saturated heterocycles. The first-order valence-corrected chi connectivity index (χ1v) is 7.58. The maximum atomic E-state index is 12.1. The fraction of sp³-hybridized carbons (Fsp3) is 0.562. The first kappa shape index (κ1) is 16.3. The Morgan fingerprint density at radius 3 is 2.95 bits per heavy atom. The molecule has 1 aliphatic heterocycles. The number of nitrogens with zero attached hydrogens (tertiary/aromatic N) is 3. The third-order valence-corrected chi connectivity index (χ3v) is 3.13. The van der Waals surface area contributed by atoms with Gasteiger partial charge in [0.25, 0.3) is 0 Å². The van der Waals surface area contributed by atoms with Crippen molar-refractivity contribution in [2.45, 2.75) is 32.8 Å². The number of carbonyl (C=O) groups excluding carboxylic acids is 1. The second-order valence-electron chi connectivity index (χ2n) is 6.27. The molecule has 0 bridgehead atoms. The molecule has 1 aromatic heterocycles. The Kier molecular flexibility index (Phi) is 5.35. The Hall–Kier alpha value is -2.11. The van der Waals surface area contributed by atoms with Gasteiger partial charge in [-0.2, -0.15) is 0 Å². The van der Waals surface area contributed by atoms with Crippen LogP contribution >= 0.6 is 0 Å². The van der Waals surface area contributed by atoms with E-state index in [0.717, 1.165) is 18.8 Å². The van der Waals surface area contributed by atoms with E-state index in [0.29, 0.717) is 19.6 Å². The number of amides is 1. The van der Waals surface area contributed by atoms with Crippen LogP contribution in [-0.2, 0) is 11.2 Å². The molecule has 22 heavy (non-hydrogen) atoms. The highest BCUT2D eigenvalue weighted by molar-refractivity contribution is 5.87. The molecule has 120 valence electrons. The molecule has 6 heteroatoms. The van der Waals surface area contributed by atoms with E-state index < -0.39 is 5.60 Å². The molecule has 0 radical (unpaired) electrons. The fourth-order valence-electron chi connectivity index (χ4n) is 2.11. The lowest BCUT2D eigenvalue weighted by atomic mass is 10.2. The summed E-state index contributed by atoms with van der Waals surface area (Å²) in [4.78, 5) is 22.3. The molecular weight excluding hydrogens is 280 g/mol. The van der Waals surface area contributed by atoms with Crippen LogP contribution in [0.1, 0.15) is 26.3 Å². The van der Waals surface area contributed by atoms with Gasteiger partial charge in [-0.05, 0) is 38.8 Å². The van der Waals surface area contributed by atoms with Crippen LogP contribution in [0.4, 0.5) is 4.79 Å². The Labute approximate surface area is 131 Å². The summed E-state index contributed by atoms with van der Waals surface area (Å²) >= 11 is 0. The van der Waals surface area contributed by atoms with Crippen molar-refractivity contribution in [2.75, 3.05) is 26.2 Å². The van der Waals surface area contributed by atoms with Crippen LogP contribution in [0, 0.1) is 0 Å². The van der Waals surface area contributed by atoms with Crippen molar-refractivity contribution in [2.24, 2.45) is 4.99 Å². The molecule has 0 aromatic carbocycles. The van der Waals surface area contributed by atoms with Crippen molar-refractivity contribution >= 4 is 11.9 Å². The smallest absolute Gasteiger partial charge is 0.410 e. The lowest BCUT2D eigenvalue weighted by Crippen LogP contribution is -2.47. The zero-order valence-electron chi connectivity index (χ0n) is 13.5. The number of ether oxygens (including phenoxy) is 1. The zero-order chi connectivity index (χ0) is 16.0. The molecule has 2 rings (SSSR count). The van der Waals surface area contributed by atoms with Crippen molar-refractivity contribution in [1.29, 1.82) is 0 Å². The predicted octanol–water partition coefficient (Wildman–Crippen LogP) is 1.86. The lowest BCUT2D eigenvalue weighted by molar-refractivity contribution is 0.0276. The number of amidine groups is 1. The Bertz CT molecular complexity index is 523. The third-order valence-electron chi connectivity index (χ3n) is 3.13. The van der Waals surface area contributed by atoms with Crippen LogP contribution < -0.4 is 5.32 Å². The van der Waals surface area contributed by atoms with E-state index in [1.165, 1.54) is 5.56 Å². The summed E-state index contributed by atoms with van der Waals surface area (Å²) in [6.07, 6.45) is 4.21. The summed E-state index contributed by atoms with van der Waals surface area (Å²) in [5.41, 5.74) is 0.704. The molecule has 1 aliphatic rings. The molecule has 0 unspecified atom stereocenters. The van der Waals surface area contributed by atoms with Gasteiger partial charge in [0.15, 0.2) is 0 Å². The minimum absolute atomic E-state index is 0.283. The molecule has 1 amide bonds. The topological polar surface area (TPSA) is 66.8 Å². The highest BCUT2D eigenvalue weighted by Gasteiger charge is 2.24. The standard InChI is InChI=1S/C16H24N4O2/c1-16(2,3)22-15(21)20-10-9-19-14(12-20)18-8-6-13-5-4-7-17-11-13/h4-5,7,11H,6,8-10,12H2,1-3H3,(H,18,19). The molecule has 0 fully saturated rings. The molecule has 0 aliphatic carbocycles. The predicted molar refractivity (Wildman–Crippen MR) is 86.1 cm³/mol. The third kappa shape index (κ3) is 5.35. The Balaban J connectivity index is 1.78. The van der Waals surface area contributed by atoms with E-state index in [9.17, 15) is 4.79 Å². The molecule has 0 spiro atoms. The molecule has 0 saturated carbocycles. The van der Waals surface area contributed by atoms with Crippen LogP contribution in [0.25, 0.3) is 0 Å². The van der Waals surface area contributed by atoms with E-state index in [1.54, 1.807) is 11.1 Å². The molecule has 1 N–H and O–H groups in total. The summed E-state index contributed by atoms with van der Waals surface area (Å²) in [6, 6.07) is 3.97. The van der Waals surface area contributed by atoms with Gasteiger partial charge in [-0.25, -0.2) is 4.79 Å². The molecule has 6 nitrogen and oxygen atoms in total. The minimum Gasteiger partial charge on any atom is -0.444 e. The van der Waals surface area contributed by atoms with Gasteiger partial charge in [-0.1, -0.05) is 6.07 Å². The summed E-state index contributed by atoms with van der Waals surface area (Å²) in [7, 11) is 0.